The lowest BCUT2D eigenvalue weighted by Gasteiger charge is -2.07. The molecule has 1 aromatic carbocycles. The molecule has 3 aromatic rings. The molecule has 0 saturated carbocycles. The number of nitrogens with one attached hydrogen (secondary N) is 1. The Kier molecular flexibility index (Phi) is 4.15. The molecule has 22 heavy (non-hydrogen) atoms. The Balaban J connectivity index is 1.66. The topological polar surface area (TPSA) is 77.2 Å². The number of para-hydroxylation sites is 1. The van der Waals surface area contributed by atoms with Crippen LogP contribution in [-0.2, 0) is 6.54 Å². The van der Waals surface area contributed by atoms with E-state index in [2.05, 4.69) is 15.5 Å². The van der Waals surface area contributed by atoms with Crippen molar-refractivity contribution in [3.8, 4) is 16.5 Å². The van der Waals surface area contributed by atoms with Gasteiger partial charge in [-0.3, -0.25) is 4.79 Å². The lowest BCUT2D eigenvalue weighted by molar-refractivity contribution is 0.0943. The molecule has 0 unspecified atom stereocenters. The monoisotopic (exact) mass is 315 g/mol. The molecule has 0 aliphatic heterocycles. The third kappa shape index (κ3) is 2.99. The molecule has 0 saturated heterocycles. The molecule has 0 spiro atoms. The summed E-state index contributed by atoms with van der Waals surface area (Å²) in [6, 6.07) is 10.8. The Morgan fingerprint density at radius 3 is 2.95 bits per heavy atom. The number of benzene rings is 1. The summed E-state index contributed by atoms with van der Waals surface area (Å²) < 4.78 is 10.3. The molecule has 0 aliphatic rings. The zero-order chi connectivity index (χ0) is 15.4. The molecule has 0 aliphatic carbocycles. The summed E-state index contributed by atoms with van der Waals surface area (Å²) in [5, 5.41) is 8.57. The highest BCUT2D eigenvalue weighted by Gasteiger charge is 2.14. The minimum Gasteiger partial charge on any atom is -0.496 e. The van der Waals surface area contributed by atoms with E-state index in [1.165, 1.54) is 18.4 Å². The van der Waals surface area contributed by atoms with Gasteiger partial charge in [0.15, 0.2) is 0 Å². The fourth-order valence-corrected chi connectivity index (χ4v) is 2.57. The van der Waals surface area contributed by atoms with E-state index < -0.39 is 0 Å². The molecule has 1 N–H and O–H groups in total. The smallest absolute Gasteiger partial charge is 0.255 e. The molecule has 2 heterocycles. The van der Waals surface area contributed by atoms with Gasteiger partial charge in [0.25, 0.3) is 5.91 Å². The van der Waals surface area contributed by atoms with Gasteiger partial charge >= 0.3 is 0 Å². The third-order valence-corrected chi connectivity index (χ3v) is 3.83. The number of thiophene rings is 1. The van der Waals surface area contributed by atoms with Crippen LogP contribution in [0.15, 0.2) is 46.3 Å². The first kappa shape index (κ1) is 14.3. The maximum absolute atomic E-state index is 12.2. The fourth-order valence-electron chi connectivity index (χ4n) is 1.92. The van der Waals surface area contributed by atoms with Crippen molar-refractivity contribution in [2.45, 2.75) is 6.54 Å². The lowest BCUT2D eigenvalue weighted by Crippen LogP contribution is -2.23. The third-order valence-electron chi connectivity index (χ3n) is 2.96. The molecule has 0 atom stereocenters. The summed E-state index contributed by atoms with van der Waals surface area (Å²) in [7, 11) is 1.53. The summed E-state index contributed by atoms with van der Waals surface area (Å²) in [5.74, 6) is 1.14. The quantitative estimate of drug-likeness (QED) is 0.783. The largest absolute Gasteiger partial charge is 0.496 e. The van der Waals surface area contributed by atoms with Gasteiger partial charge in [-0.15, -0.1) is 11.3 Å². The molecular formula is C15H13N3O3S. The number of hydrogen-bond acceptors (Lipinski definition) is 6. The number of carbonyl (C=O) groups is 1. The van der Waals surface area contributed by atoms with E-state index in [4.69, 9.17) is 9.26 Å². The summed E-state index contributed by atoms with van der Waals surface area (Å²) in [5.41, 5.74) is 0.461. The van der Waals surface area contributed by atoms with Gasteiger partial charge in [-0.25, -0.2) is 0 Å². The van der Waals surface area contributed by atoms with E-state index in [1.807, 2.05) is 17.5 Å². The van der Waals surface area contributed by atoms with Crippen LogP contribution in [0.4, 0.5) is 0 Å². The zero-order valence-corrected chi connectivity index (χ0v) is 12.6. The molecule has 6 nitrogen and oxygen atoms in total. The molecule has 0 fully saturated rings. The minimum absolute atomic E-state index is 0.162. The number of rotatable bonds is 5. The average Bonchev–Trinajstić information content (AvgIpc) is 3.23. The number of amides is 1. The Labute approximate surface area is 130 Å². The van der Waals surface area contributed by atoms with Crippen LogP contribution >= 0.6 is 11.3 Å². The maximum atomic E-state index is 12.2. The lowest BCUT2D eigenvalue weighted by atomic mass is 10.2. The molecular weight excluding hydrogens is 302 g/mol. The highest BCUT2D eigenvalue weighted by Crippen LogP contribution is 2.21. The van der Waals surface area contributed by atoms with Crippen molar-refractivity contribution in [2.24, 2.45) is 0 Å². The van der Waals surface area contributed by atoms with Gasteiger partial charge in [0, 0.05) is 0 Å². The van der Waals surface area contributed by atoms with E-state index in [9.17, 15) is 4.79 Å². The van der Waals surface area contributed by atoms with Gasteiger partial charge in [0.2, 0.25) is 11.7 Å². The molecule has 0 bridgehead atoms. The zero-order valence-electron chi connectivity index (χ0n) is 11.8. The van der Waals surface area contributed by atoms with E-state index in [-0.39, 0.29) is 12.5 Å². The van der Waals surface area contributed by atoms with Crippen molar-refractivity contribution >= 4 is 17.2 Å². The number of hydrogen-bond donors (Lipinski definition) is 1. The Hall–Kier alpha value is -2.67. The number of nitrogens with zero attached hydrogens (tertiary/aromatic N) is 2. The van der Waals surface area contributed by atoms with Gasteiger partial charge in [0.1, 0.15) is 5.75 Å². The summed E-state index contributed by atoms with van der Waals surface area (Å²) >= 11 is 1.53. The van der Waals surface area contributed by atoms with Gasteiger partial charge in [-0.2, -0.15) is 4.98 Å². The molecule has 2 aromatic heterocycles. The van der Waals surface area contributed by atoms with Crippen molar-refractivity contribution in [3.05, 3.63) is 53.2 Å². The van der Waals surface area contributed by atoms with Gasteiger partial charge < -0.3 is 14.6 Å². The van der Waals surface area contributed by atoms with Crippen LogP contribution < -0.4 is 10.1 Å². The fraction of sp³-hybridized carbons (Fsp3) is 0.133. The van der Waals surface area contributed by atoms with Crippen molar-refractivity contribution in [2.75, 3.05) is 7.11 Å². The van der Waals surface area contributed by atoms with Crippen molar-refractivity contribution in [1.29, 1.82) is 0 Å². The number of carbonyl (C=O) groups excluding carboxylic acids is 1. The molecule has 7 heteroatoms. The van der Waals surface area contributed by atoms with Crippen LogP contribution in [0.2, 0.25) is 0 Å². The van der Waals surface area contributed by atoms with Crippen LogP contribution in [-0.4, -0.2) is 23.2 Å². The van der Waals surface area contributed by atoms with Crippen LogP contribution in [0.5, 0.6) is 5.75 Å². The first-order valence-electron chi connectivity index (χ1n) is 6.55. The Morgan fingerprint density at radius 1 is 1.32 bits per heavy atom. The van der Waals surface area contributed by atoms with E-state index in [1.54, 1.807) is 24.3 Å². The van der Waals surface area contributed by atoms with Crippen LogP contribution in [0.3, 0.4) is 0 Å². The highest BCUT2D eigenvalue weighted by atomic mass is 32.1. The second-order valence-electron chi connectivity index (χ2n) is 4.37. The number of aromatic nitrogens is 2. The number of ether oxygens (including phenoxy) is 1. The molecule has 112 valence electrons. The van der Waals surface area contributed by atoms with Crippen molar-refractivity contribution < 1.29 is 14.1 Å². The second-order valence-corrected chi connectivity index (χ2v) is 5.32. The second kappa shape index (κ2) is 6.40. The number of methoxy groups -OCH3 is 1. The van der Waals surface area contributed by atoms with Crippen LogP contribution in [0.25, 0.3) is 10.7 Å². The standard InChI is InChI=1S/C15H13N3O3S/c1-20-11-6-3-2-5-10(11)15(19)16-9-13-17-14(18-21-13)12-7-4-8-22-12/h2-8H,9H2,1H3,(H,16,19). The van der Waals surface area contributed by atoms with Gasteiger partial charge in [0.05, 0.1) is 24.1 Å². The Morgan fingerprint density at radius 2 is 2.18 bits per heavy atom. The molecule has 0 radical (unpaired) electrons. The predicted molar refractivity (Wildman–Crippen MR) is 81.8 cm³/mol. The highest BCUT2D eigenvalue weighted by molar-refractivity contribution is 7.13. The summed E-state index contributed by atoms with van der Waals surface area (Å²) in [6.07, 6.45) is 0. The first-order chi connectivity index (χ1) is 10.8. The van der Waals surface area contributed by atoms with E-state index in [0.29, 0.717) is 23.0 Å². The summed E-state index contributed by atoms with van der Waals surface area (Å²) in [6.45, 7) is 0.162. The minimum atomic E-state index is -0.256. The summed E-state index contributed by atoms with van der Waals surface area (Å²) in [4.78, 5) is 17.3. The van der Waals surface area contributed by atoms with Gasteiger partial charge in [-0.05, 0) is 23.6 Å². The molecule has 1 amide bonds. The first-order valence-corrected chi connectivity index (χ1v) is 7.43. The van der Waals surface area contributed by atoms with Crippen LogP contribution in [0, 0.1) is 0 Å². The Bertz CT molecular complexity index is 768. The van der Waals surface area contributed by atoms with E-state index in [0.717, 1.165) is 4.88 Å². The normalized spacial score (nSPS) is 10.4. The predicted octanol–water partition coefficient (Wildman–Crippen LogP) is 2.74. The van der Waals surface area contributed by atoms with E-state index >= 15 is 0 Å². The van der Waals surface area contributed by atoms with Crippen molar-refractivity contribution in [3.63, 3.8) is 0 Å². The SMILES string of the molecule is COc1ccccc1C(=O)NCc1nc(-c2cccs2)no1. The molecule has 3 rings (SSSR count). The van der Waals surface area contributed by atoms with Gasteiger partial charge in [-0.1, -0.05) is 23.4 Å². The maximum Gasteiger partial charge on any atom is 0.255 e. The average molecular weight is 315 g/mol. The van der Waals surface area contributed by atoms with Crippen molar-refractivity contribution in [1.82, 2.24) is 15.5 Å². The van der Waals surface area contributed by atoms with Crippen LogP contribution in [0.1, 0.15) is 16.2 Å².